The number of likely N-dealkylation sites (tertiary alicyclic amines) is 1. The van der Waals surface area contributed by atoms with Gasteiger partial charge in [0, 0.05) is 18.5 Å². The van der Waals surface area contributed by atoms with Crippen LogP contribution >= 0.6 is 0 Å². The first-order valence-electron chi connectivity index (χ1n) is 7.28. The van der Waals surface area contributed by atoms with Gasteiger partial charge in [-0.05, 0) is 38.9 Å². The number of hydrogen-bond donors (Lipinski definition) is 0. The van der Waals surface area contributed by atoms with Crippen molar-refractivity contribution in [1.29, 1.82) is 0 Å². The van der Waals surface area contributed by atoms with Crippen LogP contribution in [0.4, 0.5) is 0 Å². The van der Waals surface area contributed by atoms with Crippen molar-refractivity contribution in [3.05, 3.63) is 29.7 Å². The van der Waals surface area contributed by atoms with E-state index in [4.69, 9.17) is 4.74 Å². The van der Waals surface area contributed by atoms with E-state index in [-0.39, 0.29) is 0 Å². The minimum atomic E-state index is -0.396. The lowest BCUT2D eigenvalue weighted by atomic mass is 10.1. The van der Waals surface area contributed by atoms with Crippen molar-refractivity contribution in [2.75, 3.05) is 20.2 Å². The highest BCUT2D eigenvalue weighted by molar-refractivity contribution is 5.88. The first-order chi connectivity index (χ1) is 10.1. The molecule has 6 heteroatoms. The van der Waals surface area contributed by atoms with Gasteiger partial charge in [-0.15, -0.1) is 0 Å². The van der Waals surface area contributed by atoms with Gasteiger partial charge in [-0.2, -0.15) is 5.10 Å². The zero-order chi connectivity index (χ0) is 15.0. The van der Waals surface area contributed by atoms with Crippen molar-refractivity contribution >= 4 is 11.6 Å². The fourth-order valence-corrected chi connectivity index (χ4v) is 2.82. The highest BCUT2D eigenvalue weighted by Crippen LogP contribution is 2.26. The third-order valence-electron chi connectivity index (χ3n) is 4.09. The zero-order valence-electron chi connectivity index (χ0n) is 12.6. The van der Waals surface area contributed by atoms with Crippen molar-refractivity contribution in [3.63, 3.8) is 0 Å². The van der Waals surface area contributed by atoms with Crippen molar-refractivity contribution in [2.24, 2.45) is 0 Å². The molecule has 0 N–H and O–H groups in total. The van der Waals surface area contributed by atoms with Crippen molar-refractivity contribution in [2.45, 2.75) is 32.2 Å². The predicted molar refractivity (Wildman–Crippen MR) is 78.4 cm³/mol. The van der Waals surface area contributed by atoms with Crippen LogP contribution in [-0.4, -0.2) is 51.7 Å². The normalized spacial score (nSPS) is 19.5. The molecule has 2 aromatic heterocycles. The van der Waals surface area contributed by atoms with Gasteiger partial charge in [0.2, 0.25) is 0 Å². The van der Waals surface area contributed by atoms with Gasteiger partial charge in [0.1, 0.15) is 0 Å². The lowest BCUT2D eigenvalue weighted by Crippen LogP contribution is -2.28. The summed E-state index contributed by atoms with van der Waals surface area (Å²) in [5.41, 5.74) is 1.10. The van der Waals surface area contributed by atoms with Crippen molar-refractivity contribution < 1.29 is 9.53 Å². The molecule has 0 radical (unpaired) electrons. The Morgan fingerprint density at radius 1 is 1.43 bits per heavy atom. The molecule has 6 nitrogen and oxygen atoms in total. The van der Waals surface area contributed by atoms with Gasteiger partial charge in [0.15, 0.2) is 17.2 Å². The van der Waals surface area contributed by atoms with Gasteiger partial charge in [-0.1, -0.05) is 6.07 Å². The minimum absolute atomic E-state index is 0.331. The van der Waals surface area contributed by atoms with E-state index in [0.717, 1.165) is 25.3 Å². The van der Waals surface area contributed by atoms with Gasteiger partial charge in [0.25, 0.3) is 0 Å². The molecule has 0 aromatic carbocycles. The maximum absolute atomic E-state index is 11.8. The fraction of sp³-hybridized carbons (Fsp3) is 0.533. The largest absolute Gasteiger partial charge is 0.464 e. The maximum Gasteiger partial charge on any atom is 0.356 e. The monoisotopic (exact) mass is 288 g/mol. The number of hydrogen-bond acceptors (Lipinski definition) is 5. The first kappa shape index (κ1) is 14.0. The Hall–Kier alpha value is -1.95. The molecule has 21 heavy (non-hydrogen) atoms. The number of esters is 1. The second kappa shape index (κ2) is 5.44. The molecule has 2 aromatic rings. The number of ether oxygens (including phenoxy) is 1. The minimum Gasteiger partial charge on any atom is -0.464 e. The van der Waals surface area contributed by atoms with E-state index in [9.17, 15) is 4.79 Å². The third kappa shape index (κ3) is 2.51. The molecule has 1 atom stereocenters. The van der Waals surface area contributed by atoms with Crippen LogP contribution in [0.15, 0.2) is 18.2 Å². The second-order valence-corrected chi connectivity index (χ2v) is 5.72. The molecule has 0 spiro atoms. The van der Waals surface area contributed by atoms with E-state index in [1.165, 1.54) is 7.11 Å². The van der Waals surface area contributed by atoms with Gasteiger partial charge in [-0.3, -0.25) is 0 Å². The summed E-state index contributed by atoms with van der Waals surface area (Å²) < 4.78 is 6.37. The molecular formula is C15H20N4O2. The van der Waals surface area contributed by atoms with Gasteiger partial charge in [0.05, 0.1) is 7.11 Å². The molecule has 0 bridgehead atoms. The quantitative estimate of drug-likeness (QED) is 0.805. The number of carbonyl (C=O) groups is 1. The van der Waals surface area contributed by atoms with Gasteiger partial charge >= 0.3 is 5.97 Å². The van der Waals surface area contributed by atoms with Crippen molar-refractivity contribution in [1.82, 2.24) is 19.5 Å². The number of carbonyl (C=O) groups excluding carboxylic acids is 1. The van der Waals surface area contributed by atoms with E-state index >= 15 is 0 Å². The number of aromatic nitrogens is 3. The Balaban J connectivity index is 1.93. The Labute approximate surface area is 123 Å². The summed E-state index contributed by atoms with van der Waals surface area (Å²) in [4.78, 5) is 18.8. The smallest absolute Gasteiger partial charge is 0.356 e. The summed E-state index contributed by atoms with van der Waals surface area (Å²) in [7, 11) is 1.37. The number of rotatable bonds is 3. The highest BCUT2D eigenvalue weighted by atomic mass is 16.5. The molecule has 3 rings (SSSR count). The Bertz CT molecular complexity index is 665. The standard InChI is InChI=1S/C15H20N4O2/c1-10(2)18-8-7-11(9-18)14-16-13-6-4-5-12(15(20)21-3)19(13)17-14/h4-6,10-11H,7-9H2,1-3H3. The summed E-state index contributed by atoms with van der Waals surface area (Å²) in [6, 6.07) is 5.90. The lowest BCUT2D eigenvalue weighted by Gasteiger charge is -2.19. The van der Waals surface area contributed by atoms with Gasteiger partial charge in [-0.25, -0.2) is 14.3 Å². The molecule has 1 saturated heterocycles. The summed E-state index contributed by atoms with van der Waals surface area (Å²) in [5, 5.41) is 4.54. The molecular weight excluding hydrogens is 268 g/mol. The third-order valence-corrected chi connectivity index (χ3v) is 4.09. The molecule has 112 valence electrons. The summed E-state index contributed by atoms with van der Waals surface area (Å²) in [6.45, 7) is 6.45. The molecule has 0 amide bonds. The average molecular weight is 288 g/mol. The predicted octanol–water partition coefficient (Wildman–Crippen LogP) is 1.71. The maximum atomic E-state index is 11.8. The van der Waals surface area contributed by atoms with E-state index in [2.05, 4.69) is 28.8 Å². The van der Waals surface area contributed by atoms with E-state index in [1.807, 2.05) is 6.07 Å². The number of pyridine rings is 1. The number of fused-ring (bicyclic) bond motifs is 1. The van der Waals surface area contributed by atoms with Crippen LogP contribution < -0.4 is 0 Å². The van der Waals surface area contributed by atoms with Gasteiger partial charge < -0.3 is 9.64 Å². The molecule has 3 heterocycles. The zero-order valence-corrected chi connectivity index (χ0v) is 12.6. The van der Waals surface area contributed by atoms with Crippen LogP contribution in [-0.2, 0) is 4.74 Å². The first-order valence-corrected chi connectivity index (χ1v) is 7.28. The topological polar surface area (TPSA) is 59.7 Å². The summed E-state index contributed by atoms with van der Waals surface area (Å²) in [6.07, 6.45) is 1.06. The average Bonchev–Trinajstić information content (AvgIpc) is 3.11. The van der Waals surface area contributed by atoms with Crippen LogP contribution in [0.5, 0.6) is 0 Å². The van der Waals surface area contributed by atoms with E-state index < -0.39 is 5.97 Å². The summed E-state index contributed by atoms with van der Waals surface area (Å²) >= 11 is 0. The Morgan fingerprint density at radius 2 is 2.24 bits per heavy atom. The molecule has 1 aliphatic heterocycles. The molecule has 1 fully saturated rings. The van der Waals surface area contributed by atoms with Crippen molar-refractivity contribution in [3.8, 4) is 0 Å². The van der Waals surface area contributed by atoms with Crippen LogP contribution in [0.3, 0.4) is 0 Å². The van der Waals surface area contributed by atoms with Crippen LogP contribution in [0.25, 0.3) is 5.65 Å². The molecule has 0 saturated carbocycles. The SMILES string of the molecule is COC(=O)c1cccc2nc(C3CCN(C(C)C)C3)nn12. The Morgan fingerprint density at radius 3 is 2.90 bits per heavy atom. The van der Waals surface area contributed by atoms with E-state index in [1.54, 1.807) is 16.6 Å². The molecule has 1 unspecified atom stereocenters. The van der Waals surface area contributed by atoms with Crippen LogP contribution in [0.2, 0.25) is 0 Å². The number of nitrogens with zero attached hydrogens (tertiary/aromatic N) is 4. The number of methoxy groups -OCH3 is 1. The summed E-state index contributed by atoms with van der Waals surface area (Å²) in [5.74, 6) is 0.750. The molecule has 1 aliphatic rings. The highest BCUT2D eigenvalue weighted by Gasteiger charge is 2.28. The van der Waals surface area contributed by atoms with E-state index in [0.29, 0.717) is 23.3 Å². The Kier molecular flexibility index (Phi) is 3.63. The van der Waals surface area contributed by atoms with Crippen LogP contribution in [0.1, 0.15) is 42.5 Å². The lowest BCUT2D eigenvalue weighted by molar-refractivity contribution is 0.0591. The fourth-order valence-electron chi connectivity index (χ4n) is 2.82. The second-order valence-electron chi connectivity index (χ2n) is 5.72. The molecule has 0 aliphatic carbocycles. The van der Waals surface area contributed by atoms with Crippen LogP contribution in [0, 0.1) is 0 Å².